The largest absolute Gasteiger partial charge is 0.417 e. The summed E-state index contributed by atoms with van der Waals surface area (Å²) in [6.07, 6.45) is 1.89. The number of pyridine rings is 1. The molecule has 0 bridgehead atoms. The lowest BCUT2D eigenvalue weighted by atomic mass is 9.86. The number of piperidine rings is 1. The van der Waals surface area contributed by atoms with Crippen molar-refractivity contribution in [2.45, 2.75) is 51.7 Å². The van der Waals surface area contributed by atoms with Gasteiger partial charge in [-0.2, -0.15) is 28.2 Å². The molecule has 6 nitrogen and oxygen atoms in total. The molecule has 1 amide bonds. The molecule has 1 fully saturated rings. The molecule has 1 aliphatic rings. The molecule has 34 heavy (non-hydrogen) atoms. The maximum Gasteiger partial charge on any atom is 0.417 e. The first-order valence-electron chi connectivity index (χ1n) is 11.2. The second-order valence-corrected chi connectivity index (χ2v) is 8.67. The van der Waals surface area contributed by atoms with Crippen LogP contribution in [0.15, 0.2) is 42.9 Å². The van der Waals surface area contributed by atoms with E-state index in [-0.39, 0.29) is 23.2 Å². The Bertz CT molecular complexity index is 1150. The quantitative estimate of drug-likeness (QED) is 0.487. The summed E-state index contributed by atoms with van der Waals surface area (Å²) in [7, 11) is 0. The highest BCUT2D eigenvalue weighted by molar-refractivity contribution is 5.98. The first kappa shape index (κ1) is 23.8. The normalized spacial score (nSPS) is 18.8. The number of hydrogen-bond acceptors (Lipinski definition) is 4. The number of likely N-dealkylation sites (tertiary alicyclic amines) is 1. The average Bonchev–Trinajstić information content (AvgIpc) is 3.34. The lowest BCUT2D eigenvalue weighted by Crippen LogP contribution is -2.48. The zero-order valence-corrected chi connectivity index (χ0v) is 18.9. The number of benzene rings is 1. The van der Waals surface area contributed by atoms with E-state index in [1.165, 1.54) is 23.3 Å². The predicted octanol–water partition coefficient (Wildman–Crippen LogP) is 5.00. The van der Waals surface area contributed by atoms with Gasteiger partial charge in [0, 0.05) is 24.5 Å². The van der Waals surface area contributed by atoms with E-state index in [0.29, 0.717) is 30.6 Å². The van der Waals surface area contributed by atoms with Crippen molar-refractivity contribution in [2.24, 2.45) is 5.92 Å². The van der Waals surface area contributed by atoms with E-state index in [1.807, 2.05) is 6.92 Å². The van der Waals surface area contributed by atoms with E-state index in [0.717, 1.165) is 25.1 Å². The minimum Gasteiger partial charge on any atom is -0.335 e. The van der Waals surface area contributed by atoms with E-state index < -0.39 is 23.5 Å². The molecule has 1 aromatic carbocycles. The van der Waals surface area contributed by atoms with Gasteiger partial charge in [0.25, 0.3) is 5.91 Å². The molecular weight excluding hydrogens is 450 g/mol. The summed E-state index contributed by atoms with van der Waals surface area (Å²) in [4.78, 5) is 20.6. The molecule has 1 aliphatic heterocycles. The number of nitrogens with zero attached hydrogens (tertiary/aromatic N) is 5. The van der Waals surface area contributed by atoms with Crippen molar-refractivity contribution in [1.29, 1.82) is 0 Å². The number of halogens is 4. The Morgan fingerprint density at radius 2 is 1.88 bits per heavy atom. The molecule has 0 unspecified atom stereocenters. The number of carbonyl (C=O) groups is 1. The van der Waals surface area contributed by atoms with Gasteiger partial charge in [0.2, 0.25) is 0 Å². The second-order valence-electron chi connectivity index (χ2n) is 8.67. The number of carbonyl (C=O) groups excluding carboxylic acids is 1. The minimum absolute atomic E-state index is 0.0806. The van der Waals surface area contributed by atoms with Crippen LogP contribution in [0.2, 0.25) is 0 Å². The Morgan fingerprint density at radius 1 is 1.15 bits per heavy atom. The number of aryl methyl sites for hydroxylation is 2. The van der Waals surface area contributed by atoms with Crippen molar-refractivity contribution in [2.75, 3.05) is 6.54 Å². The first-order chi connectivity index (χ1) is 16.2. The molecule has 2 aromatic heterocycles. The van der Waals surface area contributed by atoms with Crippen molar-refractivity contribution >= 4 is 5.91 Å². The maximum absolute atomic E-state index is 15.3. The lowest BCUT2D eigenvalue weighted by Gasteiger charge is -2.40. The molecule has 180 valence electrons. The Labute approximate surface area is 194 Å². The van der Waals surface area contributed by atoms with Gasteiger partial charge in [-0.15, -0.1) is 0 Å². The van der Waals surface area contributed by atoms with Crippen molar-refractivity contribution in [3.05, 3.63) is 71.1 Å². The summed E-state index contributed by atoms with van der Waals surface area (Å²) < 4.78 is 53.7. The summed E-state index contributed by atoms with van der Waals surface area (Å²) in [6, 6.07) is 5.38. The highest BCUT2D eigenvalue weighted by Crippen LogP contribution is 2.32. The molecule has 0 spiro atoms. The number of aromatic nitrogens is 4. The smallest absolute Gasteiger partial charge is 0.335 e. The Kier molecular flexibility index (Phi) is 6.67. The average molecular weight is 475 g/mol. The van der Waals surface area contributed by atoms with Crippen LogP contribution in [0.25, 0.3) is 5.69 Å². The number of rotatable bonds is 5. The summed E-state index contributed by atoms with van der Waals surface area (Å²) >= 11 is 0. The van der Waals surface area contributed by atoms with Gasteiger partial charge < -0.3 is 4.90 Å². The fraction of sp³-hybridized carbons (Fsp3) is 0.417. The van der Waals surface area contributed by atoms with E-state index in [4.69, 9.17) is 0 Å². The van der Waals surface area contributed by atoms with Crippen molar-refractivity contribution < 1.29 is 22.4 Å². The third-order valence-electron chi connectivity index (χ3n) is 6.39. The Morgan fingerprint density at radius 3 is 2.53 bits per heavy atom. The molecule has 4 rings (SSSR count). The monoisotopic (exact) mass is 475 g/mol. The molecule has 3 aromatic rings. The van der Waals surface area contributed by atoms with Crippen LogP contribution >= 0.6 is 0 Å². The number of hydrogen-bond donors (Lipinski definition) is 0. The minimum atomic E-state index is -4.44. The molecule has 0 saturated carbocycles. The summed E-state index contributed by atoms with van der Waals surface area (Å²) in [5, 5.41) is 8.12. The zero-order valence-electron chi connectivity index (χ0n) is 18.9. The van der Waals surface area contributed by atoms with Gasteiger partial charge in [0.05, 0.1) is 18.0 Å². The highest BCUT2D eigenvalue weighted by atomic mass is 19.4. The van der Waals surface area contributed by atoms with Gasteiger partial charge in [-0.25, -0.2) is 4.39 Å². The molecule has 2 atom stereocenters. The SMILES string of the molecule is Cc1ccc(-n2nccn2)c(C(=O)N2CCC[C@@H](C)[C@H]2CCc2ccc(C(F)(F)F)cn2)c1F. The Balaban J connectivity index is 1.59. The molecule has 0 aliphatic carbocycles. The summed E-state index contributed by atoms with van der Waals surface area (Å²) in [5.41, 5.74) is 0.243. The summed E-state index contributed by atoms with van der Waals surface area (Å²) in [6.45, 7) is 4.10. The Hall–Kier alpha value is -3.30. The van der Waals surface area contributed by atoms with E-state index in [9.17, 15) is 18.0 Å². The van der Waals surface area contributed by atoms with Crippen LogP contribution in [0, 0.1) is 18.7 Å². The van der Waals surface area contributed by atoms with Crippen molar-refractivity contribution in [3.63, 3.8) is 0 Å². The molecule has 10 heteroatoms. The summed E-state index contributed by atoms with van der Waals surface area (Å²) in [5.74, 6) is -0.905. The number of alkyl halides is 3. The molecular formula is C24H25F4N5O. The fourth-order valence-electron chi connectivity index (χ4n) is 4.50. The van der Waals surface area contributed by atoms with E-state index in [2.05, 4.69) is 15.2 Å². The van der Waals surface area contributed by atoms with Crippen LogP contribution in [0.3, 0.4) is 0 Å². The third kappa shape index (κ3) is 4.80. The highest BCUT2D eigenvalue weighted by Gasteiger charge is 2.35. The molecule has 3 heterocycles. The van der Waals surface area contributed by atoms with Crippen LogP contribution in [-0.4, -0.2) is 43.4 Å². The van der Waals surface area contributed by atoms with E-state index >= 15 is 4.39 Å². The van der Waals surface area contributed by atoms with Gasteiger partial charge >= 0.3 is 6.18 Å². The van der Waals surface area contributed by atoms with Crippen LogP contribution in [-0.2, 0) is 12.6 Å². The van der Waals surface area contributed by atoms with Crippen LogP contribution in [0.5, 0.6) is 0 Å². The number of amides is 1. The standard InChI is InChI=1S/C24H25F4N5O/c1-15-4-3-13-32(19(15)10-8-18-7-6-17(14-29-18)24(26,27)28)23(34)21-20(33-30-11-12-31-33)9-5-16(2)22(21)25/h5-7,9,11-12,14-15,19H,3-4,8,10,13H2,1-2H3/t15-,19-/m1/s1. The van der Waals surface area contributed by atoms with Gasteiger partial charge in [-0.1, -0.05) is 13.0 Å². The second kappa shape index (κ2) is 9.52. The van der Waals surface area contributed by atoms with Gasteiger partial charge in [-0.3, -0.25) is 9.78 Å². The van der Waals surface area contributed by atoms with Crippen LogP contribution in [0.1, 0.15) is 53.4 Å². The maximum atomic E-state index is 15.3. The predicted molar refractivity (Wildman–Crippen MR) is 117 cm³/mol. The lowest BCUT2D eigenvalue weighted by molar-refractivity contribution is -0.137. The third-order valence-corrected chi connectivity index (χ3v) is 6.39. The van der Waals surface area contributed by atoms with Gasteiger partial charge in [0.1, 0.15) is 17.1 Å². The van der Waals surface area contributed by atoms with Gasteiger partial charge in [-0.05, 0) is 62.3 Å². The van der Waals surface area contributed by atoms with Crippen molar-refractivity contribution in [1.82, 2.24) is 24.9 Å². The molecule has 0 radical (unpaired) electrons. The van der Waals surface area contributed by atoms with Crippen LogP contribution in [0.4, 0.5) is 17.6 Å². The molecule has 0 N–H and O–H groups in total. The topological polar surface area (TPSA) is 63.9 Å². The van der Waals surface area contributed by atoms with Crippen LogP contribution < -0.4 is 0 Å². The first-order valence-corrected chi connectivity index (χ1v) is 11.2. The molecule has 1 saturated heterocycles. The van der Waals surface area contributed by atoms with E-state index in [1.54, 1.807) is 24.0 Å². The zero-order chi connectivity index (χ0) is 24.5. The van der Waals surface area contributed by atoms with Gasteiger partial charge in [0.15, 0.2) is 0 Å². The fourth-order valence-corrected chi connectivity index (χ4v) is 4.50. The van der Waals surface area contributed by atoms with Crippen molar-refractivity contribution in [3.8, 4) is 5.69 Å².